The van der Waals surface area contributed by atoms with Crippen LogP contribution >= 0.6 is 11.3 Å². The zero-order valence-corrected chi connectivity index (χ0v) is 8.98. The van der Waals surface area contributed by atoms with Gasteiger partial charge in [0, 0.05) is 0 Å². The summed E-state index contributed by atoms with van der Waals surface area (Å²) in [6.07, 6.45) is -3.36. The van der Waals surface area contributed by atoms with E-state index < -0.39 is 24.7 Å². The maximum Gasteiger partial charge on any atom is 0.405 e. The van der Waals surface area contributed by atoms with Crippen molar-refractivity contribution in [1.82, 2.24) is 10.3 Å². The van der Waals surface area contributed by atoms with Crippen LogP contribution in [-0.2, 0) is 0 Å². The Morgan fingerprint density at radius 1 is 1.47 bits per heavy atom. The second kappa shape index (κ2) is 4.99. The van der Waals surface area contributed by atoms with Crippen molar-refractivity contribution >= 4 is 28.3 Å². The van der Waals surface area contributed by atoms with Gasteiger partial charge in [0.2, 0.25) is 0 Å². The Bertz CT molecular complexity index is 431. The highest BCUT2D eigenvalue weighted by atomic mass is 32.1. The molecule has 0 aliphatic carbocycles. The number of amides is 3. The molecule has 0 spiro atoms. The van der Waals surface area contributed by atoms with Crippen LogP contribution in [0, 0.1) is 0 Å². The van der Waals surface area contributed by atoms with E-state index in [2.05, 4.69) is 10.3 Å². The number of nitrogens with two attached hydrogens (primary N) is 1. The summed E-state index contributed by atoms with van der Waals surface area (Å²) < 4.78 is 35.3. The predicted octanol–water partition coefficient (Wildman–Crippen LogP) is 0.926. The van der Waals surface area contributed by atoms with Gasteiger partial charge in [0.05, 0.1) is 6.20 Å². The van der Waals surface area contributed by atoms with Crippen LogP contribution in [-0.4, -0.2) is 29.6 Å². The van der Waals surface area contributed by atoms with E-state index in [0.29, 0.717) is 0 Å². The highest BCUT2D eigenvalue weighted by Crippen LogP contribution is 2.18. The van der Waals surface area contributed by atoms with Crippen LogP contribution in [0.5, 0.6) is 0 Å². The van der Waals surface area contributed by atoms with Gasteiger partial charge in [-0.05, 0) is 0 Å². The molecule has 3 amide bonds. The SMILES string of the molecule is NC(=O)c1ncc(NC(=O)NCC(F)(F)F)s1. The maximum absolute atomic E-state index is 11.8. The first-order valence-electron chi connectivity index (χ1n) is 4.15. The Morgan fingerprint density at radius 2 is 2.12 bits per heavy atom. The molecule has 0 aliphatic rings. The third-order valence-electron chi connectivity index (χ3n) is 1.40. The predicted molar refractivity (Wildman–Crippen MR) is 53.7 cm³/mol. The van der Waals surface area contributed by atoms with Crippen molar-refractivity contribution in [3.63, 3.8) is 0 Å². The Hall–Kier alpha value is -1.84. The molecule has 0 saturated heterocycles. The number of rotatable bonds is 3. The average molecular weight is 268 g/mol. The van der Waals surface area contributed by atoms with Gasteiger partial charge in [-0.15, -0.1) is 0 Å². The van der Waals surface area contributed by atoms with Gasteiger partial charge in [0.25, 0.3) is 5.91 Å². The van der Waals surface area contributed by atoms with Crippen LogP contribution in [0.15, 0.2) is 6.20 Å². The van der Waals surface area contributed by atoms with E-state index in [1.165, 1.54) is 0 Å². The number of halogens is 3. The van der Waals surface area contributed by atoms with Crippen molar-refractivity contribution in [2.24, 2.45) is 5.73 Å². The van der Waals surface area contributed by atoms with Gasteiger partial charge in [-0.25, -0.2) is 9.78 Å². The minimum absolute atomic E-state index is 0.0453. The standard InChI is InChI=1S/C7H7F3N4O2S/c8-7(9,10)2-13-6(16)14-3-1-12-5(17-3)4(11)15/h1H,2H2,(H2,11,15)(H2,13,14,16). The summed E-state index contributed by atoms with van der Waals surface area (Å²) >= 11 is 0.764. The molecule has 94 valence electrons. The Labute approximate surface area is 97.0 Å². The van der Waals surface area contributed by atoms with E-state index in [-0.39, 0.29) is 10.0 Å². The third kappa shape index (κ3) is 4.68. The first-order valence-corrected chi connectivity index (χ1v) is 4.97. The maximum atomic E-state index is 11.8. The zero-order valence-electron chi connectivity index (χ0n) is 8.17. The number of hydrogen-bond acceptors (Lipinski definition) is 4. The first-order chi connectivity index (χ1) is 7.78. The molecule has 0 aromatic carbocycles. The van der Waals surface area contributed by atoms with Gasteiger partial charge in [0.15, 0.2) is 5.01 Å². The topological polar surface area (TPSA) is 97.1 Å². The van der Waals surface area contributed by atoms with Crippen LogP contribution in [0.25, 0.3) is 0 Å². The van der Waals surface area contributed by atoms with Crippen molar-refractivity contribution < 1.29 is 22.8 Å². The van der Waals surface area contributed by atoms with E-state index in [1.807, 2.05) is 0 Å². The van der Waals surface area contributed by atoms with Crippen LogP contribution in [0.1, 0.15) is 9.80 Å². The molecule has 4 N–H and O–H groups in total. The molecule has 1 rings (SSSR count). The highest BCUT2D eigenvalue weighted by Gasteiger charge is 2.27. The number of carbonyl (C=O) groups is 2. The van der Waals surface area contributed by atoms with E-state index in [4.69, 9.17) is 5.73 Å². The molecule has 0 bridgehead atoms. The Morgan fingerprint density at radius 3 is 2.59 bits per heavy atom. The molecule has 1 heterocycles. The Balaban J connectivity index is 2.48. The molecule has 0 radical (unpaired) electrons. The van der Waals surface area contributed by atoms with Crippen molar-refractivity contribution in [2.75, 3.05) is 11.9 Å². The van der Waals surface area contributed by atoms with E-state index >= 15 is 0 Å². The largest absolute Gasteiger partial charge is 0.405 e. The van der Waals surface area contributed by atoms with Crippen molar-refractivity contribution in [2.45, 2.75) is 6.18 Å². The lowest BCUT2D eigenvalue weighted by molar-refractivity contribution is -0.122. The van der Waals surface area contributed by atoms with Gasteiger partial charge in [-0.1, -0.05) is 11.3 Å². The van der Waals surface area contributed by atoms with Gasteiger partial charge < -0.3 is 11.1 Å². The second-order valence-electron chi connectivity index (χ2n) is 2.82. The molecule has 1 aromatic rings. The van der Waals surface area contributed by atoms with Crippen molar-refractivity contribution in [3.8, 4) is 0 Å². The lowest BCUT2D eigenvalue weighted by atomic mass is 10.6. The average Bonchev–Trinajstić information content (AvgIpc) is 2.62. The minimum Gasteiger partial charge on any atom is -0.364 e. The summed E-state index contributed by atoms with van der Waals surface area (Å²) in [6.45, 7) is -1.44. The van der Waals surface area contributed by atoms with Crippen LogP contribution in [0.4, 0.5) is 23.0 Å². The van der Waals surface area contributed by atoms with Gasteiger partial charge in [-0.2, -0.15) is 13.2 Å². The molecular formula is C7H7F3N4O2S. The molecule has 1 aromatic heterocycles. The van der Waals surface area contributed by atoms with Gasteiger partial charge in [0.1, 0.15) is 11.5 Å². The molecule has 0 atom stereocenters. The van der Waals surface area contributed by atoms with E-state index in [0.717, 1.165) is 17.5 Å². The number of urea groups is 1. The summed E-state index contributed by atoms with van der Waals surface area (Å²) in [5, 5.41) is 3.76. The van der Waals surface area contributed by atoms with Gasteiger partial charge in [-0.3, -0.25) is 10.1 Å². The molecule has 0 fully saturated rings. The molecular weight excluding hydrogens is 261 g/mol. The Kier molecular flexibility index (Phi) is 3.89. The quantitative estimate of drug-likeness (QED) is 0.760. The number of anilines is 1. The smallest absolute Gasteiger partial charge is 0.364 e. The number of primary amides is 1. The molecule has 6 nitrogen and oxygen atoms in total. The van der Waals surface area contributed by atoms with Crippen molar-refractivity contribution in [3.05, 3.63) is 11.2 Å². The highest BCUT2D eigenvalue weighted by molar-refractivity contribution is 7.17. The summed E-state index contributed by atoms with van der Waals surface area (Å²) in [4.78, 5) is 25.2. The lowest BCUT2D eigenvalue weighted by Crippen LogP contribution is -2.36. The summed E-state index contributed by atoms with van der Waals surface area (Å²) in [5.41, 5.74) is 4.91. The fraction of sp³-hybridized carbons (Fsp3) is 0.286. The summed E-state index contributed by atoms with van der Waals surface area (Å²) in [7, 11) is 0. The van der Waals surface area contributed by atoms with Gasteiger partial charge >= 0.3 is 12.2 Å². The number of carbonyl (C=O) groups excluding carboxylic acids is 2. The molecule has 0 aliphatic heterocycles. The normalized spacial score (nSPS) is 11.0. The fourth-order valence-corrected chi connectivity index (χ4v) is 1.45. The number of nitrogens with one attached hydrogen (secondary N) is 2. The summed E-state index contributed by atoms with van der Waals surface area (Å²) in [6, 6.07) is -1.04. The molecule has 0 saturated carbocycles. The van der Waals surface area contributed by atoms with Crippen LogP contribution in [0.2, 0.25) is 0 Å². The van der Waals surface area contributed by atoms with E-state index in [9.17, 15) is 22.8 Å². The first kappa shape index (κ1) is 13.2. The molecule has 10 heteroatoms. The number of thiazole rings is 1. The number of aromatic nitrogens is 1. The number of hydrogen-bond donors (Lipinski definition) is 3. The van der Waals surface area contributed by atoms with Crippen molar-refractivity contribution in [1.29, 1.82) is 0 Å². The molecule has 0 unspecified atom stereocenters. The number of alkyl halides is 3. The number of nitrogens with zero attached hydrogens (tertiary/aromatic N) is 1. The summed E-state index contributed by atoms with van der Waals surface area (Å²) in [5.74, 6) is -0.779. The lowest BCUT2D eigenvalue weighted by Gasteiger charge is -2.08. The zero-order chi connectivity index (χ0) is 13.1. The van der Waals surface area contributed by atoms with Crippen LogP contribution in [0.3, 0.4) is 0 Å². The third-order valence-corrected chi connectivity index (χ3v) is 2.33. The minimum atomic E-state index is -4.48. The second-order valence-corrected chi connectivity index (χ2v) is 3.85. The fourth-order valence-electron chi connectivity index (χ4n) is 0.782. The van der Waals surface area contributed by atoms with E-state index in [1.54, 1.807) is 5.32 Å². The monoisotopic (exact) mass is 268 g/mol. The molecule has 17 heavy (non-hydrogen) atoms. The van der Waals surface area contributed by atoms with Crippen LogP contribution < -0.4 is 16.4 Å².